The molecule has 0 bridgehead atoms. The molecule has 2 amide bonds. The highest BCUT2D eigenvalue weighted by molar-refractivity contribution is 5.99. The molecule has 3 heterocycles. The smallest absolute Gasteiger partial charge is 0.259 e. The monoisotopic (exact) mass is 301 g/mol. The van der Waals surface area contributed by atoms with Crippen LogP contribution < -0.4 is 0 Å². The lowest BCUT2D eigenvalue weighted by Crippen LogP contribution is -2.50. The number of nitrogens with zero attached hydrogens (tertiary/aromatic N) is 5. The van der Waals surface area contributed by atoms with Crippen LogP contribution in [0.25, 0.3) is 5.65 Å². The molecule has 7 nitrogen and oxygen atoms in total. The van der Waals surface area contributed by atoms with Gasteiger partial charge in [0.2, 0.25) is 5.91 Å². The first-order chi connectivity index (χ1) is 10.5. The first-order valence-corrected chi connectivity index (χ1v) is 7.34. The van der Waals surface area contributed by atoms with Crippen molar-refractivity contribution in [3.8, 4) is 0 Å². The summed E-state index contributed by atoms with van der Waals surface area (Å²) in [7, 11) is 0. The molecular formula is C15H19N5O2. The standard InChI is InChI=1S/C15H19N5O2/c1-10-8-11(2)20-14(17-10)13(9-16-20)15(22)19-6-4-18(5-7-19)12(3)21/h8-9H,4-7H2,1-3H3. The summed E-state index contributed by atoms with van der Waals surface area (Å²) in [4.78, 5) is 32.0. The van der Waals surface area contributed by atoms with E-state index in [1.165, 1.54) is 0 Å². The molecule has 0 atom stereocenters. The highest BCUT2D eigenvalue weighted by Gasteiger charge is 2.26. The fourth-order valence-electron chi connectivity index (χ4n) is 2.82. The van der Waals surface area contributed by atoms with Crippen molar-refractivity contribution in [2.45, 2.75) is 20.8 Å². The van der Waals surface area contributed by atoms with Gasteiger partial charge in [-0.15, -0.1) is 0 Å². The van der Waals surface area contributed by atoms with Gasteiger partial charge in [0.05, 0.1) is 6.20 Å². The minimum Gasteiger partial charge on any atom is -0.339 e. The number of aryl methyl sites for hydroxylation is 2. The lowest BCUT2D eigenvalue weighted by molar-refractivity contribution is -0.130. The maximum absolute atomic E-state index is 12.7. The van der Waals surface area contributed by atoms with Gasteiger partial charge in [-0.2, -0.15) is 5.10 Å². The van der Waals surface area contributed by atoms with Crippen LogP contribution in [-0.2, 0) is 4.79 Å². The Labute approximate surface area is 128 Å². The second-order valence-corrected chi connectivity index (χ2v) is 5.63. The average Bonchev–Trinajstić information content (AvgIpc) is 2.90. The minimum atomic E-state index is -0.0734. The van der Waals surface area contributed by atoms with E-state index in [1.54, 1.807) is 27.4 Å². The number of fused-ring (bicyclic) bond motifs is 1. The van der Waals surface area contributed by atoms with Crippen LogP contribution >= 0.6 is 0 Å². The third kappa shape index (κ3) is 2.43. The van der Waals surface area contributed by atoms with E-state index in [2.05, 4.69) is 10.1 Å². The molecule has 116 valence electrons. The molecule has 7 heteroatoms. The number of carbonyl (C=O) groups excluding carboxylic acids is 2. The molecule has 2 aromatic rings. The van der Waals surface area contributed by atoms with Crippen LogP contribution in [0, 0.1) is 13.8 Å². The minimum absolute atomic E-state index is 0.0519. The Hall–Kier alpha value is -2.44. The molecule has 0 saturated carbocycles. The van der Waals surface area contributed by atoms with E-state index in [0.717, 1.165) is 11.4 Å². The summed E-state index contributed by atoms with van der Waals surface area (Å²) >= 11 is 0. The molecule has 3 rings (SSSR count). The average molecular weight is 301 g/mol. The lowest BCUT2D eigenvalue weighted by Gasteiger charge is -2.34. The molecular weight excluding hydrogens is 282 g/mol. The lowest BCUT2D eigenvalue weighted by atomic mass is 10.2. The van der Waals surface area contributed by atoms with Crippen molar-refractivity contribution in [1.29, 1.82) is 0 Å². The molecule has 1 aliphatic heterocycles. The van der Waals surface area contributed by atoms with Gasteiger partial charge in [0.15, 0.2) is 5.65 Å². The molecule has 0 spiro atoms. The van der Waals surface area contributed by atoms with Crippen molar-refractivity contribution in [3.05, 3.63) is 29.2 Å². The Morgan fingerprint density at radius 1 is 1.09 bits per heavy atom. The molecule has 1 saturated heterocycles. The predicted molar refractivity (Wildman–Crippen MR) is 80.6 cm³/mol. The molecule has 1 aliphatic rings. The van der Waals surface area contributed by atoms with Gasteiger partial charge in [0, 0.05) is 44.5 Å². The largest absolute Gasteiger partial charge is 0.339 e. The Balaban J connectivity index is 1.86. The summed E-state index contributed by atoms with van der Waals surface area (Å²) in [6, 6.07) is 1.93. The quantitative estimate of drug-likeness (QED) is 0.775. The molecule has 0 N–H and O–H groups in total. The number of amides is 2. The zero-order valence-electron chi connectivity index (χ0n) is 13.0. The Kier molecular flexibility index (Phi) is 3.56. The van der Waals surface area contributed by atoms with Gasteiger partial charge in [0.25, 0.3) is 5.91 Å². The number of rotatable bonds is 1. The van der Waals surface area contributed by atoms with E-state index in [9.17, 15) is 9.59 Å². The van der Waals surface area contributed by atoms with E-state index in [1.807, 2.05) is 19.9 Å². The second-order valence-electron chi connectivity index (χ2n) is 5.63. The van der Waals surface area contributed by atoms with Gasteiger partial charge < -0.3 is 9.80 Å². The normalized spacial score (nSPS) is 15.4. The molecule has 22 heavy (non-hydrogen) atoms. The van der Waals surface area contributed by atoms with Crippen LogP contribution in [0.4, 0.5) is 0 Å². The highest BCUT2D eigenvalue weighted by Crippen LogP contribution is 2.15. The van der Waals surface area contributed by atoms with Crippen molar-refractivity contribution < 1.29 is 9.59 Å². The maximum atomic E-state index is 12.7. The van der Waals surface area contributed by atoms with E-state index >= 15 is 0 Å². The molecule has 2 aromatic heterocycles. The van der Waals surface area contributed by atoms with Gasteiger partial charge in [0.1, 0.15) is 5.56 Å². The van der Waals surface area contributed by atoms with Crippen molar-refractivity contribution in [2.75, 3.05) is 26.2 Å². The van der Waals surface area contributed by atoms with Crippen molar-refractivity contribution in [1.82, 2.24) is 24.4 Å². The van der Waals surface area contributed by atoms with Crippen LogP contribution in [0.3, 0.4) is 0 Å². The zero-order valence-corrected chi connectivity index (χ0v) is 13.0. The molecule has 0 aliphatic carbocycles. The van der Waals surface area contributed by atoms with Crippen molar-refractivity contribution in [2.24, 2.45) is 0 Å². The Morgan fingerprint density at radius 2 is 1.73 bits per heavy atom. The van der Waals surface area contributed by atoms with Crippen molar-refractivity contribution in [3.63, 3.8) is 0 Å². The van der Waals surface area contributed by atoms with E-state index in [0.29, 0.717) is 37.4 Å². The van der Waals surface area contributed by atoms with Crippen molar-refractivity contribution >= 4 is 17.5 Å². The number of piperazine rings is 1. The number of hydrogen-bond donors (Lipinski definition) is 0. The van der Waals surface area contributed by atoms with Crippen LogP contribution in [0.1, 0.15) is 28.7 Å². The molecule has 0 unspecified atom stereocenters. The molecule has 0 radical (unpaired) electrons. The SMILES string of the molecule is CC(=O)N1CCN(C(=O)c2cnn3c(C)cc(C)nc23)CC1. The summed E-state index contributed by atoms with van der Waals surface area (Å²) in [6.45, 7) is 7.63. The topological polar surface area (TPSA) is 70.8 Å². The summed E-state index contributed by atoms with van der Waals surface area (Å²) in [6.07, 6.45) is 1.58. The summed E-state index contributed by atoms with van der Waals surface area (Å²) in [5.41, 5.74) is 2.92. The van der Waals surface area contributed by atoms with Gasteiger partial charge in [-0.25, -0.2) is 9.50 Å². The maximum Gasteiger partial charge on any atom is 0.259 e. The van der Waals surface area contributed by atoms with Gasteiger partial charge in [-0.05, 0) is 19.9 Å². The van der Waals surface area contributed by atoms with E-state index < -0.39 is 0 Å². The van der Waals surface area contributed by atoms with Crippen LogP contribution in [0.15, 0.2) is 12.3 Å². The first-order valence-electron chi connectivity index (χ1n) is 7.34. The Bertz CT molecular complexity index is 744. The van der Waals surface area contributed by atoms with E-state index in [4.69, 9.17) is 0 Å². The first kappa shape index (κ1) is 14.5. The predicted octanol–water partition coefficient (Wildman–Crippen LogP) is 0.650. The highest BCUT2D eigenvalue weighted by atomic mass is 16.2. The zero-order chi connectivity index (χ0) is 15.9. The van der Waals surface area contributed by atoms with Crippen LogP contribution in [0.5, 0.6) is 0 Å². The van der Waals surface area contributed by atoms with Crippen LogP contribution in [0.2, 0.25) is 0 Å². The summed E-state index contributed by atoms with van der Waals surface area (Å²) in [5.74, 6) is -0.0216. The van der Waals surface area contributed by atoms with E-state index in [-0.39, 0.29) is 11.8 Å². The number of carbonyl (C=O) groups is 2. The molecule has 1 fully saturated rings. The fourth-order valence-corrected chi connectivity index (χ4v) is 2.82. The Morgan fingerprint density at radius 3 is 2.36 bits per heavy atom. The number of hydrogen-bond acceptors (Lipinski definition) is 4. The third-order valence-corrected chi connectivity index (χ3v) is 4.02. The summed E-state index contributed by atoms with van der Waals surface area (Å²) < 4.78 is 1.69. The summed E-state index contributed by atoms with van der Waals surface area (Å²) in [5, 5.41) is 4.26. The number of aromatic nitrogens is 3. The van der Waals surface area contributed by atoms with Gasteiger partial charge >= 0.3 is 0 Å². The fraction of sp³-hybridized carbons (Fsp3) is 0.467. The molecule has 0 aromatic carbocycles. The van der Waals surface area contributed by atoms with Crippen LogP contribution in [-0.4, -0.2) is 62.4 Å². The van der Waals surface area contributed by atoms with Gasteiger partial charge in [-0.1, -0.05) is 0 Å². The third-order valence-electron chi connectivity index (χ3n) is 4.02. The second kappa shape index (κ2) is 5.40. The van der Waals surface area contributed by atoms with Gasteiger partial charge in [-0.3, -0.25) is 9.59 Å².